The van der Waals surface area contributed by atoms with Crippen LogP contribution in [0.2, 0.25) is 0 Å². The molecule has 2 aromatic carbocycles. The van der Waals surface area contributed by atoms with E-state index in [-0.39, 0.29) is 5.97 Å². The first-order valence-electron chi connectivity index (χ1n) is 9.09. The Morgan fingerprint density at radius 2 is 1.52 bits per heavy atom. The molecule has 1 fully saturated rings. The lowest BCUT2D eigenvalue weighted by Crippen LogP contribution is -2.21. The Balaban J connectivity index is 0.000000370. The van der Waals surface area contributed by atoms with Gasteiger partial charge in [0.25, 0.3) is 0 Å². The van der Waals surface area contributed by atoms with Crippen molar-refractivity contribution in [3.63, 3.8) is 0 Å². The SMILES string of the molecule is NCc1ccc(C(=O)Oc2ccc(CC3CCC3)cc2)cc1.O=C(O)C(F)(F)F. The minimum absolute atomic E-state index is 0.338. The van der Waals surface area contributed by atoms with Crippen molar-refractivity contribution >= 4 is 11.9 Å². The van der Waals surface area contributed by atoms with Crippen LogP contribution in [0, 0.1) is 5.92 Å². The van der Waals surface area contributed by atoms with E-state index < -0.39 is 12.1 Å². The third-order valence-electron chi connectivity index (χ3n) is 4.55. The number of benzene rings is 2. The second-order valence-corrected chi connectivity index (χ2v) is 6.74. The predicted octanol–water partition coefficient (Wildman–Crippen LogP) is 4.34. The lowest BCUT2D eigenvalue weighted by molar-refractivity contribution is -0.192. The molecular formula is C21H22F3NO4. The fraction of sp³-hybridized carbons (Fsp3) is 0.333. The van der Waals surface area contributed by atoms with Crippen molar-refractivity contribution in [2.75, 3.05) is 0 Å². The highest BCUT2D eigenvalue weighted by atomic mass is 19.4. The second-order valence-electron chi connectivity index (χ2n) is 6.74. The molecule has 0 saturated heterocycles. The van der Waals surface area contributed by atoms with Crippen molar-refractivity contribution in [2.45, 2.75) is 38.4 Å². The molecular weight excluding hydrogens is 387 g/mol. The van der Waals surface area contributed by atoms with Crippen molar-refractivity contribution in [1.82, 2.24) is 0 Å². The first kappa shape index (κ1) is 22.4. The number of esters is 1. The standard InChI is InChI=1S/C19H21NO2.C2HF3O2/c20-13-16-4-8-17(9-5-16)19(21)22-18-10-6-15(7-11-18)12-14-2-1-3-14;3-2(4,5)1(6)7/h4-11,14H,1-3,12-13,20H2;(H,6,7). The molecule has 8 heteroatoms. The Labute approximate surface area is 166 Å². The second kappa shape index (κ2) is 10.1. The Morgan fingerprint density at radius 3 is 1.93 bits per heavy atom. The normalized spacial score (nSPS) is 13.7. The van der Waals surface area contributed by atoms with Crippen LogP contribution in [0.5, 0.6) is 5.75 Å². The van der Waals surface area contributed by atoms with E-state index in [0.717, 1.165) is 17.9 Å². The molecule has 0 heterocycles. The van der Waals surface area contributed by atoms with E-state index in [1.807, 2.05) is 24.3 Å². The highest BCUT2D eigenvalue weighted by molar-refractivity contribution is 5.91. The van der Waals surface area contributed by atoms with Gasteiger partial charge in [-0.3, -0.25) is 0 Å². The molecule has 2 aromatic rings. The third-order valence-corrected chi connectivity index (χ3v) is 4.55. The molecule has 0 unspecified atom stereocenters. The first-order chi connectivity index (χ1) is 13.7. The Bertz CT molecular complexity index is 813. The number of carboxylic acid groups (broad SMARTS) is 1. The maximum Gasteiger partial charge on any atom is 0.490 e. The van der Waals surface area contributed by atoms with Crippen LogP contribution in [0.1, 0.15) is 40.7 Å². The summed E-state index contributed by atoms with van der Waals surface area (Å²) in [5.41, 5.74) is 8.40. The van der Waals surface area contributed by atoms with Gasteiger partial charge >= 0.3 is 18.1 Å². The van der Waals surface area contributed by atoms with E-state index >= 15 is 0 Å². The summed E-state index contributed by atoms with van der Waals surface area (Å²) >= 11 is 0. The third kappa shape index (κ3) is 7.23. The molecule has 3 N–H and O–H groups in total. The van der Waals surface area contributed by atoms with Crippen LogP contribution >= 0.6 is 0 Å². The summed E-state index contributed by atoms with van der Waals surface area (Å²) in [6.45, 7) is 0.470. The van der Waals surface area contributed by atoms with Gasteiger partial charge in [-0.1, -0.05) is 43.5 Å². The zero-order valence-corrected chi connectivity index (χ0v) is 15.6. The number of carbonyl (C=O) groups excluding carboxylic acids is 1. The average molecular weight is 409 g/mol. The van der Waals surface area contributed by atoms with Crippen molar-refractivity contribution in [3.8, 4) is 5.75 Å². The summed E-state index contributed by atoms with van der Waals surface area (Å²) in [5, 5.41) is 7.12. The van der Waals surface area contributed by atoms with Crippen LogP contribution in [-0.4, -0.2) is 23.2 Å². The zero-order chi connectivity index (χ0) is 21.4. The van der Waals surface area contributed by atoms with Gasteiger partial charge in [-0.05, 0) is 47.7 Å². The molecule has 3 rings (SSSR count). The largest absolute Gasteiger partial charge is 0.490 e. The number of rotatable bonds is 5. The van der Waals surface area contributed by atoms with Gasteiger partial charge in [0.1, 0.15) is 5.75 Å². The molecule has 0 aromatic heterocycles. The van der Waals surface area contributed by atoms with Gasteiger partial charge in [0.15, 0.2) is 0 Å². The number of nitrogens with two attached hydrogens (primary N) is 1. The zero-order valence-electron chi connectivity index (χ0n) is 15.6. The van der Waals surface area contributed by atoms with Crippen LogP contribution < -0.4 is 10.5 Å². The number of aliphatic carboxylic acids is 1. The Morgan fingerprint density at radius 1 is 1.00 bits per heavy atom. The monoisotopic (exact) mass is 409 g/mol. The van der Waals surface area contributed by atoms with E-state index in [1.54, 1.807) is 12.1 Å². The number of hydrogen-bond donors (Lipinski definition) is 2. The Kier molecular flexibility index (Phi) is 7.78. The quantitative estimate of drug-likeness (QED) is 0.566. The molecule has 0 amide bonds. The van der Waals surface area contributed by atoms with Gasteiger partial charge < -0.3 is 15.6 Å². The highest BCUT2D eigenvalue weighted by Gasteiger charge is 2.38. The van der Waals surface area contributed by atoms with Gasteiger partial charge in [-0.15, -0.1) is 0 Å². The molecule has 0 spiro atoms. The minimum atomic E-state index is -5.08. The number of carbonyl (C=O) groups is 2. The van der Waals surface area contributed by atoms with Crippen molar-refractivity contribution in [1.29, 1.82) is 0 Å². The van der Waals surface area contributed by atoms with Crippen LogP contribution in [0.3, 0.4) is 0 Å². The lowest BCUT2D eigenvalue weighted by atomic mass is 9.81. The molecule has 5 nitrogen and oxygen atoms in total. The minimum Gasteiger partial charge on any atom is -0.475 e. The van der Waals surface area contributed by atoms with Gasteiger partial charge in [0, 0.05) is 6.54 Å². The van der Waals surface area contributed by atoms with Gasteiger partial charge in [0.05, 0.1) is 5.56 Å². The van der Waals surface area contributed by atoms with Crippen LogP contribution in [0.15, 0.2) is 48.5 Å². The summed E-state index contributed by atoms with van der Waals surface area (Å²) in [4.78, 5) is 21.0. The van der Waals surface area contributed by atoms with Gasteiger partial charge in [-0.25, -0.2) is 9.59 Å². The molecule has 0 atom stereocenters. The fourth-order valence-electron chi connectivity index (χ4n) is 2.67. The molecule has 1 aliphatic carbocycles. The molecule has 1 saturated carbocycles. The predicted molar refractivity (Wildman–Crippen MR) is 100 cm³/mol. The van der Waals surface area contributed by atoms with E-state index in [1.165, 1.54) is 24.8 Å². The van der Waals surface area contributed by atoms with Crippen LogP contribution in [-0.2, 0) is 17.8 Å². The van der Waals surface area contributed by atoms with Crippen molar-refractivity contribution < 1.29 is 32.6 Å². The molecule has 0 radical (unpaired) electrons. The topological polar surface area (TPSA) is 89.6 Å². The number of carboxylic acids is 1. The number of ether oxygens (including phenoxy) is 1. The molecule has 1 aliphatic rings. The molecule has 0 aliphatic heterocycles. The maximum absolute atomic E-state index is 12.1. The van der Waals surface area contributed by atoms with Gasteiger partial charge in [0.2, 0.25) is 0 Å². The van der Waals surface area contributed by atoms with E-state index in [0.29, 0.717) is 17.9 Å². The summed E-state index contributed by atoms with van der Waals surface area (Å²) < 4.78 is 37.1. The first-order valence-corrected chi connectivity index (χ1v) is 9.09. The summed E-state index contributed by atoms with van der Waals surface area (Å²) in [6, 6.07) is 15.0. The molecule has 29 heavy (non-hydrogen) atoms. The van der Waals surface area contributed by atoms with E-state index in [2.05, 4.69) is 12.1 Å². The smallest absolute Gasteiger partial charge is 0.475 e. The molecule has 0 bridgehead atoms. The van der Waals surface area contributed by atoms with Crippen molar-refractivity contribution in [2.24, 2.45) is 11.7 Å². The fourth-order valence-corrected chi connectivity index (χ4v) is 2.67. The summed E-state index contributed by atoms with van der Waals surface area (Å²) in [7, 11) is 0. The molecule has 156 valence electrons. The van der Waals surface area contributed by atoms with E-state index in [4.69, 9.17) is 20.4 Å². The van der Waals surface area contributed by atoms with E-state index in [9.17, 15) is 18.0 Å². The van der Waals surface area contributed by atoms with Crippen LogP contribution in [0.25, 0.3) is 0 Å². The van der Waals surface area contributed by atoms with Crippen molar-refractivity contribution in [3.05, 3.63) is 65.2 Å². The highest BCUT2D eigenvalue weighted by Crippen LogP contribution is 2.30. The van der Waals surface area contributed by atoms with Crippen LogP contribution in [0.4, 0.5) is 13.2 Å². The number of alkyl halides is 3. The summed E-state index contributed by atoms with van der Waals surface area (Å²) in [5.74, 6) is -1.66. The lowest BCUT2D eigenvalue weighted by Gasteiger charge is -2.25. The Hall–Kier alpha value is -2.87. The number of hydrogen-bond acceptors (Lipinski definition) is 4. The number of halogens is 3. The maximum atomic E-state index is 12.1. The summed E-state index contributed by atoms with van der Waals surface area (Å²) in [6.07, 6.45) is 0.100. The van der Waals surface area contributed by atoms with Gasteiger partial charge in [-0.2, -0.15) is 13.2 Å². The average Bonchev–Trinajstić information content (AvgIpc) is 2.65.